The van der Waals surface area contributed by atoms with E-state index in [1.807, 2.05) is 6.92 Å². The third kappa shape index (κ3) is 0.640. The molecule has 0 amide bonds. The molecule has 0 heterocycles. The molecule has 0 saturated heterocycles. The molecule has 3 N–H and O–H groups in total. The maximum atomic E-state index is 8.96. The summed E-state index contributed by atoms with van der Waals surface area (Å²) >= 11 is 0. The number of nitrogens with two attached hydrogens (primary N) is 1. The van der Waals surface area contributed by atoms with Crippen molar-refractivity contribution in [3.05, 3.63) is 0 Å². The van der Waals surface area contributed by atoms with Crippen molar-refractivity contribution in [2.75, 3.05) is 0 Å². The molecule has 7 heavy (non-hydrogen) atoms. The van der Waals surface area contributed by atoms with Gasteiger partial charge >= 0.3 is 0 Å². The van der Waals surface area contributed by atoms with Crippen molar-refractivity contribution in [2.45, 2.75) is 25.5 Å². The molecule has 0 bridgehead atoms. The van der Waals surface area contributed by atoms with Gasteiger partial charge in [0.05, 0.1) is 0 Å². The van der Waals surface area contributed by atoms with Crippen LogP contribution < -0.4 is 5.73 Å². The van der Waals surface area contributed by atoms with Gasteiger partial charge in [0.2, 0.25) is 0 Å². The fraction of sp³-hybridized carbons (Fsp3) is 1.00. The standard InChI is InChI=1S/C5H11NO/c1-4-2-3-5(4,6)7/h4,7H,2-3,6H2,1H3. The molecule has 0 spiro atoms. The highest BCUT2D eigenvalue weighted by atomic mass is 16.3. The Labute approximate surface area is 43.3 Å². The summed E-state index contributed by atoms with van der Waals surface area (Å²) in [6.07, 6.45) is 1.85. The number of aliphatic hydroxyl groups is 1. The lowest BCUT2D eigenvalue weighted by molar-refractivity contribution is -0.0804. The quantitative estimate of drug-likeness (QED) is 0.424. The molecule has 1 aliphatic carbocycles. The first kappa shape index (κ1) is 5.06. The van der Waals surface area contributed by atoms with Crippen LogP contribution in [0.25, 0.3) is 0 Å². The fourth-order valence-corrected chi connectivity index (χ4v) is 0.729. The maximum absolute atomic E-state index is 8.96. The summed E-state index contributed by atoms with van der Waals surface area (Å²) in [5.41, 5.74) is 4.50. The van der Waals surface area contributed by atoms with Crippen LogP contribution in [0.4, 0.5) is 0 Å². The van der Waals surface area contributed by atoms with Gasteiger partial charge in [-0.3, -0.25) is 0 Å². The molecule has 0 radical (unpaired) electrons. The van der Waals surface area contributed by atoms with E-state index in [0.29, 0.717) is 5.92 Å². The molecule has 1 rings (SSSR count). The van der Waals surface area contributed by atoms with Crippen molar-refractivity contribution in [3.8, 4) is 0 Å². The van der Waals surface area contributed by atoms with E-state index >= 15 is 0 Å². The van der Waals surface area contributed by atoms with Crippen LogP contribution in [0.5, 0.6) is 0 Å². The highest BCUT2D eigenvalue weighted by Crippen LogP contribution is 2.32. The van der Waals surface area contributed by atoms with Crippen LogP contribution in [0.1, 0.15) is 19.8 Å². The molecule has 2 unspecified atom stereocenters. The van der Waals surface area contributed by atoms with Gasteiger partial charge in [-0.15, -0.1) is 0 Å². The lowest BCUT2D eigenvalue weighted by atomic mass is 9.78. The van der Waals surface area contributed by atoms with Crippen molar-refractivity contribution < 1.29 is 5.11 Å². The third-order valence-corrected chi connectivity index (χ3v) is 1.83. The molecule has 0 aliphatic heterocycles. The van der Waals surface area contributed by atoms with E-state index in [1.165, 1.54) is 0 Å². The van der Waals surface area contributed by atoms with Crippen LogP contribution in [0, 0.1) is 5.92 Å². The summed E-state index contributed by atoms with van der Waals surface area (Å²) < 4.78 is 0. The Morgan fingerprint density at radius 3 is 2.29 bits per heavy atom. The van der Waals surface area contributed by atoms with E-state index < -0.39 is 5.72 Å². The zero-order chi connectivity index (χ0) is 5.49. The van der Waals surface area contributed by atoms with Gasteiger partial charge in [-0.05, 0) is 18.8 Å². The first-order valence-corrected chi connectivity index (χ1v) is 2.64. The van der Waals surface area contributed by atoms with Gasteiger partial charge in [-0.2, -0.15) is 0 Å². The Morgan fingerprint density at radius 2 is 2.29 bits per heavy atom. The molecule has 42 valence electrons. The number of hydrogen-bond acceptors (Lipinski definition) is 2. The Bertz CT molecular complexity index is 80.1. The van der Waals surface area contributed by atoms with Crippen LogP contribution in [-0.4, -0.2) is 10.8 Å². The van der Waals surface area contributed by atoms with E-state index in [1.54, 1.807) is 0 Å². The monoisotopic (exact) mass is 101 g/mol. The van der Waals surface area contributed by atoms with E-state index in [-0.39, 0.29) is 0 Å². The molecule has 1 fully saturated rings. The number of hydrogen-bond donors (Lipinski definition) is 2. The summed E-state index contributed by atoms with van der Waals surface area (Å²) in [6, 6.07) is 0. The van der Waals surface area contributed by atoms with Gasteiger partial charge in [-0.1, -0.05) is 6.92 Å². The van der Waals surface area contributed by atoms with Gasteiger partial charge in [-0.25, -0.2) is 0 Å². The van der Waals surface area contributed by atoms with E-state index in [9.17, 15) is 0 Å². The molecule has 2 atom stereocenters. The second kappa shape index (κ2) is 1.20. The normalized spacial score (nSPS) is 51.0. The predicted octanol–water partition coefficient (Wildman–Crippen LogP) is 0.0636. The van der Waals surface area contributed by atoms with E-state index in [4.69, 9.17) is 10.8 Å². The average molecular weight is 101 g/mol. The predicted molar refractivity (Wildman–Crippen MR) is 27.5 cm³/mol. The second-order valence-electron chi connectivity index (χ2n) is 2.43. The summed E-state index contributed by atoms with van der Waals surface area (Å²) in [6.45, 7) is 1.96. The van der Waals surface area contributed by atoms with Gasteiger partial charge in [0.15, 0.2) is 0 Å². The third-order valence-electron chi connectivity index (χ3n) is 1.83. The first-order valence-electron chi connectivity index (χ1n) is 2.64. The van der Waals surface area contributed by atoms with Crippen LogP contribution in [0.3, 0.4) is 0 Å². The van der Waals surface area contributed by atoms with E-state index in [0.717, 1.165) is 12.8 Å². The van der Waals surface area contributed by atoms with Crippen molar-refractivity contribution >= 4 is 0 Å². The Morgan fingerprint density at radius 1 is 1.86 bits per heavy atom. The topological polar surface area (TPSA) is 46.2 Å². The lowest BCUT2D eigenvalue weighted by Crippen LogP contribution is -2.53. The van der Waals surface area contributed by atoms with Gasteiger partial charge < -0.3 is 10.8 Å². The molecular formula is C5H11NO. The smallest absolute Gasteiger partial charge is 0.116 e. The zero-order valence-electron chi connectivity index (χ0n) is 4.52. The highest BCUT2D eigenvalue weighted by molar-refractivity contribution is 4.87. The summed E-state index contributed by atoms with van der Waals surface area (Å²) in [5.74, 6) is 0.312. The Hall–Kier alpha value is -0.0800. The molecule has 0 aromatic carbocycles. The van der Waals surface area contributed by atoms with Crippen molar-refractivity contribution in [1.29, 1.82) is 0 Å². The molecule has 1 aliphatic rings. The van der Waals surface area contributed by atoms with E-state index in [2.05, 4.69) is 0 Å². The molecule has 2 nitrogen and oxygen atoms in total. The SMILES string of the molecule is CC1CCC1(N)O. The van der Waals surface area contributed by atoms with Gasteiger partial charge in [0.1, 0.15) is 5.72 Å². The minimum Gasteiger partial charge on any atom is -0.376 e. The summed E-state index contributed by atoms with van der Waals surface area (Å²) in [5, 5.41) is 8.96. The lowest BCUT2D eigenvalue weighted by Gasteiger charge is -2.39. The van der Waals surface area contributed by atoms with Crippen LogP contribution in [0.15, 0.2) is 0 Å². The fourth-order valence-electron chi connectivity index (χ4n) is 0.729. The Balaban J connectivity index is 2.43. The first-order chi connectivity index (χ1) is 3.13. The average Bonchev–Trinajstić information content (AvgIpc) is 1.63. The molecule has 2 heteroatoms. The minimum atomic E-state index is -0.819. The van der Waals surface area contributed by atoms with Crippen LogP contribution in [-0.2, 0) is 0 Å². The molecule has 0 aromatic rings. The summed E-state index contributed by atoms with van der Waals surface area (Å²) in [4.78, 5) is 0. The van der Waals surface area contributed by atoms with Crippen molar-refractivity contribution in [3.63, 3.8) is 0 Å². The molecule has 1 saturated carbocycles. The van der Waals surface area contributed by atoms with Gasteiger partial charge in [0.25, 0.3) is 0 Å². The number of rotatable bonds is 0. The van der Waals surface area contributed by atoms with Crippen molar-refractivity contribution in [1.82, 2.24) is 0 Å². The molecular weight excluding hydrogens is 90.1 g/mol. The highest BCUT2D eigenvalue weighted by Gasteiger charge is 2.37. The zero-order valence-corrected chi connectivity index (χ0v) is 4.52. The largest absolute Gasteiger partial charge is 0.376 e. The van der Waals surface area contributed by atoms with Crippen LogP contribution >= 0.6 is 0 Å². The molecule has 0 aromatic heterocycles. The second-order valence-corrected chi connectivity index (χ2v) is 2.43. The van der Waals surface area contributed by atoms with Crippen molar-refractivity contribution in [2.24, 2.45) is 11.7 Å². The van der Waals surface area contributed by atoms with Crippen LogP contribution in [0.2, 0.25) is 0 Å². The van der Waals surface area contributed by atoms with Gasteiger partial charge in [0, 0.05) is 0 Å². The maximum Gasteiger partial charge on any atom is 0.116 e. The Kier molecular flexibility index (Phi) is 0.869. The summed E-state index contributed by atoms with van der Waals surface area (Å²) in [7, 11) is 0. The minimum absolute atomic E-state index is 0.312.